The SMILES string of the molecule is CCCCCC(=O)NC(C(C)C)C1C=CC=CN1C(=O)[C@@H](N)[C@@H](C)CC. The standard InChI is InChI=1S/C21H37N3O2/c1-6-8-9-13-18(25)23-20(15(3)4)17-12-10-11-14-24(17)21(26)19(22)16(5)7-2/h10-12,14-17,19-20H,6-9,13,22H2,1-5H3,(H,23,25)/t16-,17?,19-,20?/m0/s1. The quantitative estimate of drug-likeness (QED) is 0.584. The number of allylic oxidation sites excluding steroid dienone is 2. The summed E-state index contributed by atoms with van der Waals surface area (Å²) in [6, 6.07) is -0.886. The highest BCUT2D eigenvalue weighted by Gasteiger charge is 2.34. The molecule has 1 heterocycles. The molecule has 5 nitrogen and oxygen atoms in total. The summed E-state index contributed by atoms with van der Waals surface area (Å²) in [5.74, 6) is 0.277. The van der Waals surface area contributed by atoms with Crippen LogP contribution in [0.4, 0.5) is 0 Å². The van der Waals surface area contributed by atoms with Crippen LogP contribution in [-0.2, 0) is 9.59 Å². The molecule has 0 aromatic heterocycles. The fraction of sp³-hybridized carbons (Fsp3) is 0.714. The van der Waals surface area contributed by atoms with Crippen LogP contribution in [0.3, 0.4) is 0 Å². The first-order chi connectivity index (χ1) is 12.3. The predicted octanol–water partition coefficient (Wildman–Crippen LogP) is 3.36. The summed E-state index contributed by atoms with van der Waals surface area (Å²) in [7, 11) is 0. The van der Waals surface area contributed by atoms with Gasteiger partial charge < -0.3 is 16.0 Å². The Bertz CT molecular complexity index is 513. The minimum Gasteiger partial charge on any atom is -0.351 e. The van der Waals surface area contributed by atoms with Gasteiger partial charge in [-0.05, 0) is 24.3 Å². The highest BCUT2D eigenvalue weighted by molar-refractivity contribution is 5.84. The molecular weight excluding hydrogens is 326 g/mol. The Morgan fingerprint density at radius 3 is 2.42 bits per heavy atom. The summed E-state index contributed by atoms with van der Waals surface area (Å²) in [6.45, 7) is 10.3. The van der Waals surface area contributed by atoms with Gasteiger partial charge in [0.05, 0.1) is 18.1 Å². The number of carbonyl (C=O) groups is 2. The maximum absolute atomic E-state index is 12.9. The van der Waals surface area contributed by atoms with Gasteiger partial charge in [-0.3, -0.25) is 9.59 Å². The van der Waals surface area contributed by atoms with Crippen LogP contribution in [-0.4, -0.2) is 34.8 Å². The number of hydrogen-bond donors (Lipinski definition) is 2. The molecule has 0 fully saturated rings. The minimum atomic E-state index is -0.535. The van der Waals surface area contributed by atoms with Gasteiger partial charge in [0.25, 0.3) is 0 Å². The van der Waals surface area contributed by atoms with Crippen LogP contribution in [0.15, 0.2) is 24.4 Å². The van der Waals surface area contributed by atoms with E-state index in [9.17, 15) is 9.59 Å². The molecule has 148 valence electrons. The van der Waals surface area contributed by atoms with Gasteiger partial charge in [0.1, 0.15) is 0 Å². The van der Waals surface area contributed by atoms with Crippen LogP contribution >= 0.6 is 0 Å². The van der Waals surface area contributed by atoms with Crippen molar-refractivity contribution in [3.05, 3.63) is 24.4 Å². The molecule has 1 aliphatic rings. The second-order valence-corrected chi connectivity index (χ2v) is 7.67. The molecule has 5 heteroatoms. The molecule has 0 spiro atoms. The van der Waals surface area contributed by atoms with Crippen molar-refractivity contribution in [2.45, 2.75) is 84.8 Å². The van der Waals surface area contributed by atoms with E-state index < -0.39 is 6.04 Å². The lowest BCUT2D eigenvalue weighted by molar-refractivity contribution is -0.134. The van der Waals surface area contributed by atoms with E-state index in [-0.39, 0.29) is 35.7 Å². The lowest BCUT2D eigenvalue weighted by Gasteiger charge is -2.38. The minimum absolute atomic E-state index is 0.0544. The molecule has 1 rings (SSSR count). The summed E-state index contributed by atoms with van der Waals surface area (Å²) in [6.07, 6.45) is 12.0. The van der Waals surface area contributed by atoms with Crippen molar-refractivity contribution in [3.63, 3.8) is 0 Å². The summed E-state index contributed by atoms with van der Waals surface area (Å²) in [5.41, 5.74) is 6.19. The first-order valence-electron chi connectivity index (χ1n) is 10.1. The molecule has 0 aromatic carbocycles. The van der Waals surface area contributed by atoms with Gasteiger partial charge in [0, 0.05) is 12.6 Å². The van der Waals surface area contributed by atoms with E-state index in [0.717, 1.165) is 25.7 Å². The number of unbranched alkanes of at least 4 members (excludes halogenated alkanes) is 2. The van der Waals surface area contributed by atoms with Gasteiger partial charge in [0.2, 0.25) is 11.8 Å². The Balaban J connectivity index is 2.89. The van der Waals surface area contributed by atoms with Crippen molar-refractivity contribution in [1.29, 1.82) is 0 Å². The lowest BCUT2D eigenvalue weighted by atomic mass is 9.91. The zero-order chi connectivity index (χ0) is 19.7. The number of nitrogens with zero attached hydrogens (tertiary/aromatic N) is 1. The second-order valence-electron chi connectivity index (χ2n) is 7.67. The number of rotatable bonds is 10. The van der Waals surface area contributed by atoms with Crippen molar-refractivity contribution < 1.29 is 9.59 Å². The molecule has 1 aliphatic heterocycles. The fourth-order valence-corrected chi connectivity index (χ4v) is 3.14. The molecule has 3 N–H and O–H groups in total. The van der Waals surface area contributed by atoms with Crippen molar-refractivity contribution in [2.24, 2.45) is 17.6 Å². The summed E-state index contributed by atoms with van der Waals surface area (Å²) in [4.78, 5) is 27.0. The van der Waals surface area contributed by atoms with Gasteiger partial charge in [-0.2, -0.15) is 0 Å². The van der Waals surface area contributed by atoms with E-state index in [4.69, 9.17) is 5.73 Å². The monoisotopic (exact) mass is 363 g/mol. The van der Waals surface area contributed by atoms with Gasteiger partial charge in [-0.1, -0.05) is 66.0 Å². The maximum atomic E-state index is 12.9. The average molecular weight is 364 g/mol. The van der Waals surface area contributed by atoms with Crippen LogP contribution in [0.25, 0.3) is 0 Å². The molecule has 0 bridgehead atoms. The van der Waals surface area contributed by atoms with Gasteiger partial charge in [-0.15, -0.1) is 0 Å². The largest absolute Gasteiger partial charge is 0.351 e. The first kappa shape index (κ1) is 22.4. The highest BCUT2D eigenvalue weighted by Crippen LogP contribution is 2.21. The topological polar surface area (TPSA) is 75.4 Å². The van der Waals surface area contributed by atoms with Crippen LogP contribution in [0.5, 0.6) is 0 Å². The molecule has 26 heavy (non-hydrogen) atoms. The van der Waals surface area contributed by atoms with Gasteiger partial charge in [0.15, 0.2) is 0 Å². The maximum Gasteiger partial charge on any atom is 0.244 e. The van der Waals surface area contributed by atoms with Gasteiger partial charge in [-0.25, -0.2) is 0 Å². The fourth-order valence-electron chi connectivity index (χ4n) is 3.14. The van der Waals surface area contributed by atoms with E-state index in [1.165, 1.54) is 0 Å². The van der Waals surface area contributed by atoms with Crippen molar-refractivity contribution >= 4 is 11.8 Å². The molecule has 0 radical (unpaired) electrons. The van der Waals surface area contributed by atoms with E-state index in [2.05, 4.69) is 26.1 Å². The van der Waals surface area contributed by atoms with Crippen molar-refractivity contribution in [1.82, 2.24) is 10.2 Å². The van der Waals surface area contributed by atoms with E-state index >= 15 is 0 Å². The van der Waals surface area contributed by atoms with Crippen LogP contribution in [0, 0.1) is 11.8 Å². The third kappa shape index (κ3) is 6.27. The van der Waals surface area contributed by atoms with Crippen LogP contribution < -0.4 is 11.1 Å². The molecule has 0 saturated heterocycles. The van der Waals surface area contributed by atoms with Crippen LogP contribution in [0.2, 0.25) is 0 Å². The Kier molecular flexibility index (Phi) is 9.63. The lowest BCUT2D eigenvalue weighted by Crippen LogP contribution is -2.57. The number of carbonyl (C=O) groups excluding carboxylic acids is 2. The third-order valence-corrected chi connectivity index (χ3v) is 5.21. The second kappa shape index (κ2) is 11.2. The van der Waals surface area contributed by atoms with Crippen molar-refractivity contribution in [3.8, 4) is 0 Å². The Morgan fingerprint density at radius 2 is 1.85 bits per heavy atom. The number of amides is 2. The highest BCUT2D eigenvalue weighted by atomic mass is 16.2. The smallest absolute Gasteiger partial charge is 0.244 e. The van der Waals surface area contributed by atoms with Crippen LogP contribution in [0.1, 0.15) is 66.7 Å². The number of hydrogen-bond acceptors (Lipinski definition) is 3. The molecular formula is C21H37N3O2. The summed E-state index contributed by atoms with van der Waals surface area (Å²) >= 11 is 0. The normalized spacial score (nSPS) is 20.1. The first-order valence-corrected chi connectivity index (χ1v) is 10.1. The molecule has 4 atom stereocenters. The summed E-state index contributed by atoms with van der Waals surface area (Å²) in [5, 5.41) is 3.15. The zero-order valence-electron chi connectivity index (χ0n) is 17.1. The third-order valence-electron chi connectivity index (χ3n) is 5.21. The Hall–Kier alpha value is -1.62. The molecule has 0 aliphatic carbocycles. The summed E-state index contributed by atoms with van der Waals surface area (Å²) < 4.78 is 0. The molecule has 0 aromatic rings. The predicted molar refractivity (Wildman–Crippen MR) is 107 cm³/mol. The Morgan fingerprint density at radius 1 is 1.15 bits per heavy atom. The number of nitrogens with one attached hydrogen (secondary N) is 1. The van der Waals surface area contributed by atoms with Gasteiger partial charge >= 0.3 is 0 Å². The average Bonchev–Trinajstić information content (AvgIpc) is 2.64. The molecule has 2 amide bonds. The Labute approximate surface area is 159 Å². The van der Waals surface area contributed by atoms with E-state index in [1.54, 1.807) is 11.1 Å². The van der Waals surface area contributed by atoms with Crippen molar-refractivity contribution in [2.75, 3.05) is 0 Å². The number of nitrogens with two attached hydrogens (primary N) is 1. The molecule has 2 unspecified atom stereocenters. The van der Waals surface area contributed by atoms with E-state index in [1.807, 2.05) is 32.1 Å². The van der Waals surface area contributed by atoms with E-state index in [0.29, 0.717) is 6.42 Å². The zero-order valence-corrected chi connectivity index (χ0v) is 17.1. The molecule has 0 saturated carbocycles.